The van der Waals surface area contributed by atoms with Crippen LogP contribution in [0, 0.1) is 6.92 Å². The lowest BCUT2D eigenvalue weighted by molar-refractivity contribution is -0.133. The van der Waals surface area contributed by atoms with Gasteiger partial charge in [-0.25, -0.2) is 4.98 Å². The molecule has 0 atom stereocenters. The molecule has 0 saturated heterocycles. The zero-order valence-corrected chi connectivity index (χ0v) is 15.9. The number of hydrogen-bond acceptors (Lipinski definition) is 4. The Morgan fingerprint density at radius 1 is 1.14 bits per heavy atom. The number of nitrogens with zero attached hydrogens (tertiary/aromatic N) is 2. The van der Waals surface area contributed by atoms with Gasteiger partial charge < -0.3 is 10.1 Å². The van der Waals surface area contributed by atoms with Crippen LogP contribution in [0.5, 0.6) is 0 Å². The van der Waals surface area contributed by atoms with Crippen LogP contribution in [0.4, 0.5) is 0 Å². The Morgan fingerprint density at radius 2 is 1.86 bits per heavy atom. The van der Waals surface area contributed by atoms with Crippen molar-refractivity contribution >= 4 is 28.8 Å². The molecule has 0 aliphatic carbocycles. The Labute approximate surface area is 164 Å². The number of aromatic amines is 1. The van der Waals surface area contributed by atoms with Gasteiger partial charge >= 0.3 is 5.97 Å². The quantitative estimate of drug-likeness (QED) is 0.398. The Hall–Kier alpha value is -3.32. The average Bonchev–Trinajstić information content (AvgIpc) is 3.12. The normalized spacial score (nSPS) is 11.0. The molecular formula is C21H17N3O3S. The second-order valence-corrected chi connectivity index (χ2v) is 7.29. The van der Waals surface area contributed by atoms with E-state index in [4.69, 9.17) is 5.11 Å². The molecule has 0 saturated carbocycles. The Kier molecular flexibility index (Phi) is 4.75. The highest BCUT2D eigenvalue weighted by Gasteiger charge is 2.18. The molecule has 4 aromatic rings. The topological polar surface area (TPSA) is 88.0 Å². The molecular weight excluding hydrogens is 374 g/mol. The number of H-pyrrole nitrogens is 1. The molecule has 0 aliphatic heterocycles. The molecule has 0 aliphatic rings. The zero-order valence-electron chi connectivity index (χ0n) is 15.0. The summed E-state index contributed by atoms with van der Waals surface area (Å²) in [7, 11) is 0. The molecule has 0 unspecified atom stereocenters. The third kappa shape index (κ3) is 3.32. The lowest BCUT2D eigenvalue weighted by atomic mass is 10.1. The fourth-order valence-electron chi connectivity index (χ4n) is 3.02. The molecule has 4 rings (SSSR count). The maximum absolute atomic E-state index is 13.3. The van der Waals surface area contributed by atoms with Crippen molar-refractivity contribution in [3.63, 3.8) is 0 Å². The predicted octanol–water partition coefficient (Wildman–Crippen LogP) is 3.87. The van der Waals surface area contributed by atoms with Crippen LogP contribution in [-0.2, 0) is 4.79 Å². The largest absolute Gasteiger partial charge is 0.481 e. The van der Waals surface area contributed by atoms with E-state index in [0.717, 1.165) is 28.5 Å². The first-order valence-corrected chi connectivity index (χ1v) is 9.64. The molecule has 0 bridgehead atoms. The Balaban J connectivity index is 1.96. The van der Waals surface area contributed by atoms with E-state index in [1.165, 1.54) is 4.57 Å². The van der Waals surface area contributed by atoms with E-state index in [9.17, 15) is 9.59 Å². The second-order valence-electron chi connectivity index (χ2n) is 6.34. The van der Waals surface area contributed by atoms with Crippen LogP contribution in [0.1, 0.15) is 5.56 Å². The minimum Gasteiger partial charge on any atom is -0.481 e. The third-order valence-corrected chi connectivity index (χ3v) is 5.29. The molecule has 0 fully saturated rings. The molecule has 28 heavy (non-hydrogen) atoms. The van der Waals surface area contributed by atoms with Crippen molar-refractivity contribution in [3.05, 3.63) is 76.7 Å². The van der Waals surface area contributed by atoms with Gasteiger partial charge in [-0.2, -0.15) is 0 Å². The number of fused-ring (bicyclic) bond motifs is 1. The average molecular weight is 391 g/mol. The summed E-state index contributed by atoms with van der Waals surface area (Å²) in [6.45, 7) is 1.96. The van der Waals surface area contributed by atoms with Crippen molar-refractivity contribution in [1.82, 2.24) is 14.5 Å². The number of aryl methyl sites for hydroxylation is 1. The molecule has 2 aromatic heterocycles. The van der Waals surface area contributed by atoms with E-state index in [1.807, 2.05) is 61.5 Å². The fraction of sp³-hybridized carbons (Fsp3) is 0.0952. The van der Waals surface area contributed by atoms with E-state index >= 15 is 0 Å². The molecule has 7 heteroatoms. The highest BCUT2D eigenvalue weighted by atomic mass is 32.2. The Morgan fingerprint density at radius 3 is 2.54 bits per heavy atom. The molecule has 2 heterocycles. The summed E-state index contributed by atoms with van der Waals surface area (Å²) in [5, 5.41) is 9.45. The van der Waals surface area contributed by atoms with Gasteiger partial charge in [0.25, 0.3) is 5.56 Å². The van der Waals surface area contributed by atoms with Crippen LogP contribution in [0.25, 0.3) is 27.8 Å². The van der Waals surface area contributed by atoms with E-state index in [1.54, 1.807) is 6.20 Å². The standard InChI is InChI=1S/C21H17N3O3S/c1-13-7-9-15(10-8-13)24-20(27)19-18(23-21(24)28-12-17(25)26)16(11-22-19)14-5-3-2-4-6-14/h2-11,22H,12H2,1H3,(H,25,26). The number of carboxylic acid groups (broad SMARTS) is 1. The summed E-state index contributed by atoms with van der Waals surface area (Å²) in [5.41, 5.74) is 4.12. The van der Waals surface area contributed by atoms with E-state index in [-0.39, 0.29) is 11.3 Å². The van der Waals surface area contributed by atoms with Gasteiger partial charge in [0, 0.05) is 11.8 Å². The molecule has 6 nitrogen and oxygen atoms in total. The van der Waals surface area contributed by atoms with Crippen molar-refractivity contribution in [2.45, 2.75) is 12.1 Å². The van der Waals surface area contributed by atoms with Crippen molar-refractivity contribution < 1.29 is 9.90 Å². The minimum atomic E-state index is -0.966. The first-order valence-electron chi connectivity index (χ1n) is 8.66. The molecule has 0 radical (unpaired) electrons. The molecule has 2 aromatic carbocycles. The van der Waals surface area contributed by atoms with Crippen LogP contribution in [-0.4, -0.2) is 31.4 Å². The van der Waals surface area contributed by atoms with Crippen LogP contribution >= 0.6 is 11.8 Å². The molecule has 0 spiro atoms. The van der Waals surface area contributed by atoms with Crippen LogP contribution in [0.3, 0.4) is 0 Å². The number of hydrogen-bond donors (Lipinski definition) is 2. The van der Waals surface area contributed by atoms with Gasteiger partial charge in [0.15, 0.2) is 5.16 Å². The van der Waals surface area contributed by atoms with E-state index in [0.29, 0.717) is 21.9 Å². The number of carbonyl (C=O) groups is 1. The molecule has 140 valence electrons. The monoisotopic (exact) mass is 391 g/mol. The van der Waals surface area contributed by atoms with E-state index < -0.39 is 5.97 Å². The first-order chi connectivity index (χ1) is 13.5. The van der Waals surface area contributed by atoms with Crippen LogP contribution < -0.4 is 5.56 Å². The number of nitrogens with one attached hydrogen (secondary N) is 1. The number of thioether (sulfide) groups is 1. The number of rotatable bonds is 5. The maximum Gasteiger partial charge on any atom is 0.313 e. The highest BCUT2D eigenvalue weighted by molar-refractivity contribution is 7.99. The van der Waals surface area contributed by atoms with Gasteiger partial charge in [-0.3, -0.25) is 14.2 Å². The van der Waals surface area contributed by atoms with Gasteiger partial charge in [-0.05, 0) is 24.6 Å². The Bertz CT molecular complexity index is 1210. The van der Waals surface area contributed by atoms with Crippen molar-refractivity contribution in [2.24, 2.45) is 0 Å². The summed E-state index contributed by atoms with van der Waals surface area (Å²) >= 11 is 1.03. The summed E-state index contributed by atoms with van der Waals surface area (Å²) in [6.07, 6.45) is 1.76. The smallest absolute Gasteiger partial charge is 0.313 e. The number of aliphatic carboxylic acids is 1. The van der Waals surface area contributed by atoms with Gasteiger partial charge in [0.1, 0.15) is 11.0 Å². The number of carboxylic acids is 1. The summed E-state index contributed by atoms with van der Waals surface area (Å²) in [6, 6.07) is 17.1. The lowest BCUT2D eigenvalue weighted by Gasteiger charge is -2.12. The zero-order chi connectivity index (χ0) is 19.7. The van der Waals surface area contributed by atoms with Crippen LogP contribution in [0.15, 0.2) is 70.7 Å². The van der Waals surface area contributed by atoms with Crippen molar-refractivity contribution in [2.75, 3.05) is 5.75 Å². The number of aromatic nitrogens is 3. The fourth-order valence-corrected chi connectivity index (χ4v) is 3.75. The van der Waals surface area contributed by atoms with E-state index in [2.05, 4.69) is 9.97 Å². The SMILES string of the molecule is Cc1ccc(-n2c(SCC(=O)O)nc3c(-c4ccccc4)c[nH]c3c2=O)cc1. The van der Waals surface area contributed by atoms with Crippen molar-refractivity contribution in [1.29, 1.82) is 0 Å². The molecule has 2 N–H and O–H groups in total. The summed E-state index contributed by atoms with van der Waals surface area (Å²) in [5.74, 6) is -1.15. The lowest BCUT2D eigenvalue weighted by Crippen LogP contribution is -2.22. The maximum atomic E-state index is 13.3. The van der Waals surface area contributed by atoms with Crippen LogP contribution in [0.2, 0.25) is 0 Å². The molecule has 0 amide bonds. The van der Waals surface area contributed by atoms with Gasteiger partial charge in [-0.15, -0.1) is 0 Å². The highest BCUT2D eigenvalue weighted by Crippen LogP contribution is 2.28. The number of benzene rings is 2. The predicted molar refractivity (Wildman–Crippen MR) is 110 cm³/mol. The van der Waals surface area contributed by atoms with Gasteiger partial charge in [-0.1, -0.05) is 59.8 Å². The third-order valence-electron chi connectivity index (χ3n) is 4.37. The second kappa shape index (κ2) is 7.36. The van der Waals surface area contributed by atoms with Crippen molar-refractivity contribution in [3.8, 4) is 16.8 Å². The minimum absolute atomic E-state index is 0.186. The summed E-state index contributed by atoms with van der Waals surface area (Å²) in [4.78, 5) is 32.1. The summed E-state index contributed by atoms with van der Waals surface area (Å²) < 4.78 is 1.46. The van der Waals surface area contributed by atoms with Gasteiger partial charge in [0.05, 0.1) is 11.4 Å². The van der Waals surface area contributed by atoms with Gasteiger partial charge in [0.2, 0.25) is 0 Å². The first kappa shape index (κ1) is 18.1.